The van der Waals surface area contributed by atoms with Gasteiger partial charge >= 0.3 is 0 Å². The quantitative estimate of drug-likeness (QED) is 0.913. The lowest BCUT2D eigenvalue weighted by Gasteiger charge is -2.22. The fourth-order valence-electron chi connectivity index (χ4n) is 3.28. The number of hydrogen-bond donors (Lipinski definition) is 1. The smallest absolute Gasteiger partial charge is 0.0483 e. The first-order valence-corrected chi connectivity index (χ1v) is 8.09. The third kappa shape index (κ3) is 3.30. The molecule has 1 aliphatic heterocycles. The molecule has 2 aromatic rings. The van der Waals surface area contributed by atoms with E-state index in [0.717, 1.165) is 32.1 Å². The van der Waals surface area contributed by atoms with E-state index < -0.39 is 0 Å². The van der Waals surface area contributed by atoms with Crippen molar-refractivity contribution >= 4 is 10.9 Å². The molecule has 1 aromatic heterocycles. The van der Waals surface area contributed by atoms with E-state index in [1.807, 2.05) is 7.05 Å². The Morgan fingerprint density at radius 3 is 2.81 bits per heavy atom. The maximum absolute atomic E-state index is 5.48. The van der Waals surface area contributed by atoms with E-state index in [4.69, 9.17) is 4.74 Å². The van der Waals surface area contributed by atoms with Crippen LogP contribution in [0.5, 0.6) is 0 Å². The van der Waals surface area contributed by atoms with Crippen molar-refractivity contribution in [2.45, 2.75) is 38.8 Å². The molecular weight excluding hydrogens is 260 g/mol. The predicted octanol–water partition coefficient (Wildman–Crippen LogP) is 3.22. The molecule has 1 unspecified atom stereocenters. The molecule has 1 saturated heterocycles. The normalized spacial score (nSPS) is 18.2. The van der Waals surface area contributed by atoms with Crippen molar-refractivity contribution in [3.63, 3.8) is 0 Å². The van der Waals surface area contributed by atoms with E-state index >= 15 is 0 Å². The lowest BCUT2D eigenvalue weighted by atomic mass is 10.0. The van der Waals surface area contributed by atoms with Crippen molar-refractivity contribution in [2.75, 3.05) is 20.3 Å². The van der Waals surface area contributed by atoms with Crippen molar-refractivity contribution < 1.29 is 4.74 Å². The molecule has 0 amide bonds. The number of hydrogen-bond acceptors (Lipinski definition) is 2. The van der Waals surface area contributed by atoms with Gasteiger partial charge in [-0.15, -0.1) is 0 Å². The SMILES string of the molecule is CNC(C)Cc1cn(CC2CCOCC2)c2ccccc12. The summed E-state index contributed by atoms with van der Waals surface area (Å²) in [5, 5.41) is 4.75. The standard InChI is InChI=1S/C18H26N2O/c1-14(19-2)11-16-13-20(12-15-7-9-21-10-8-15)18-6-4-3-5-17(16)18/h3-6,13-15,19H,7-12H2,1-2H3. The fraction of sp³-hybridized carbons (Fsp3) is 0.556. The average molecular weight is 286 g/mol. The molecule has 0 aliphatic carbocycles. The number of ether oxygens (including phenoxy) is 1. The van der Waals surface area contributed by atoms with Gasteiger partial charge in [-0.3, -0.25) is 0 Å². The molecule has 114 valence electrons. The molecule has 0 saturated carbocycles. The molecule has 2 heterocycles. The first kappa shape index (κ1) is 14.6. The number of benzene rings is 1. The van der Waals surface area contributed by atoms with E-state index in [2.05, 4.69) is 47.3 Å². The molecule has 1 aliphatic rings. The summed E-state index contributed by atoms with van der Waals surface area (Å²) >= 11 is 0. The number of aromatic nitrogens is 1. The van der Waals surface area contributed by atoms with Gasteiger partial charge in [0.15, 0.2) is 0 Å². The third-order valence-corrected chi connectivity index (χ3v) is 4.69. The molecule has 3 heteroatoms. The third-order valence-electron chi connectivity index (χ3n) is 4.69. The minimum absolute atomic E-state index is 0.507. The summed E-state index contributed by atoms with van der Waals surface area (Å²) in [7, 11) is 2.03. The van der Waals surface area contributed by atoms with Crippen LogP contribution in [0.15, 0.2) is 30.5 Å². The lowest BCUT2D eigenvalue weighted by molar-refractivity contribution is 0.0616. The number of fused-ring (bicyclic) bond motifs is 1. The molecule has 1 aromatic carbocycles. The van der Waals surface area contributed by atoms with Crippen molar-refractivity contribution in [1.82, 2.24) is 9.88 Å². The van der Waals surface area contributed by atoms with Crippen molar-refractivity contribution in [3.8, 4) is 0 Å². The Morgan fingerprint density at radius 1 is 1.29 bits per heavy atom. The van der Waals surface area contributed by atoms with Gasteiger partial charge in [0.1, 0.15) is 0 Å². The highest BCUT2D eigenvalue weighted by Gasteiger charge is 2.17. The fourth-order valence-corrected chi connectivity index (χ4v) is 3.28. The molecule has 1 fully saturated rings. The molecule has 3 nitrogen and oxygen atoms in total. The van der Waals surface area contributed by atoms with Crippen LogP contribution in [0, 0.1) is 5.92 Å². The zero-order chi connectivity index (χ0) is 14.7. The largest absolute Gasteiger partial charge is 0.381 e. The van der Waals surface area contributed by atoms with Gasteiger partial charge < -0.3 is 14.6 Å². The first-order valence-electron chi connectivity index (χ1n) is 8.09. The Balaban J connectivity index is 1.87. The van der Waals surface area contributed by atoms with Gasteiger partial charge in [-0.2, -0.15) is 0 Å². The molecule has 1 N–H and O–H groups in total. The van der Waals surface area contributed by atoms with Crippen LogP contribution in [-0.4, -0.2) is 30.9 Å². The zero-order valence-electron chi connectivity index (χ0n) is 13.1. The van der Waals surface area contributed by atoms with Gasteiger partial charge in [-0.25, -0.2) is 0 Å². The van der Waals surface area contributed by atoms with Gasteiger partial charge in [0.25, 0.3) is 0 Å². The Labute approximate surface area is 127 Å². The van der Waals surface area contributed by atoms with Gasteiger partial charge in [0.05, 0.1) is 0 Å². The minimum atomic E-state index is 0.507. The highest BCUT2D eigenvalue weighted by atomic mass is 16.5. The maximum Gasteiger partial charge on any atom is 0.0483 e. The van der Waals surface area contributed by atoms with E-state index in [1.165, 1.54) is 29.3 Å². The molecule has 0 radical (unpaired) electrons. The van der Waals surface area contributed by atoms with Crippen LogP contribution < -0.4 is 5.32 Å². The van der Waals surface area contributed by atoms with Gasteiger partial charge in [-0.05, 0) is 50.8 Å². The Kier molecular flexibility index (Phi) is 4.61. The predicted molar refractivity (Wildman–Crippen MR) is 87.7 cm³/mol. The lowest BCUT2D eigenvalue weighted by Crippen LogP contribution is -2.23. The van der Waals surface area contributed by atoms with E-state index in [-0.39, 0.29) is 0 Å². The number of rotatable bonds is 5. The molecule has 21 heavy (non-hydrogen) atoms. The van der Waals surface area contributed by atoms with E-state index in [0.29, 0.717) is 6.04 Å². The topological polar surface area (TPSA) is 26.2 Å². The summed E-state index contributed by atoms with van der Waals surface area (Å²) in [6, 6.07) is 9.31. The number of para-hydroxylation sites is 1. The highest BCUT2D eigenvalue weighted by molar-refractivity contribution is 5.84. The summed E-state index contributed by atoms with van der Waals surface area (Å²) in [6.07, 6.45) is 5.83. The van der Waals surface area contributed by atoms with Crippen LogP contribution in [0.1, 0.15) is 25.3 Å². The summed E-state index contributed by atoms with van der Waals surface area (Å²) in [5.41, 5.74) is 2.84. The van der Waals surface area contributed by atoms with Crippen molar-refractivity contribution in [2.24, 2.45) is 5.92 Å². The number of nitrogens with zero attached hydrogens (tertiary/aromatic N) is 1. The van der Waals surface area contributed by atoms with Gasteiger partial charge in [0.2, 0.25) is 0 Å². The second-order valence-corrected chi connectivity index (χ2v) is 6.27. The second kappa shape index (κ2) is 6.63. The summed E-state index contributed by atoms with van der Waals surface area (Å²) in [6.45, 7) is 5.21. The Bertz CT molecular complexity index is 584. The van der Waals surface area contributed by atoms with Crippen LogP contribution in [0.25, 0.3) is 10.9 Å². The molecule has 0 spiro atoms. The highest BCUT2D eigenvalue weighted by Crippen LogP contribution is 2.25. The Hall–Kier alpha value is -1.32. The summed E-state index contributed by atoms with van der Waals surface area (Å²) in [4.78, 5) is 0. The van der Waals surface area contributed by atoms with Gasteiger partial charge in [-0.1, -0.05) is 18.2 Å². The minimum Gasteiger partial charge on any atom is -0.381 e. The van der Waals surface area contributed by atoms with E-state index in [1.54, 1.807) is 0 Å². The summed E-state index contributed by atoms with van der Waals surface area (Å²) in [5.74, 6) is 0.754. The van der Waals surface area contributed by atoms with Crippen LogP contribution in [-0.2, 0) is 17.7 Å². The maximum atomic E-state index is 5.48. The molecule has 0 bridgehead atoms. The Morgan fingerprint density at radius 2 is 2.05 bits per heavy atom. The number of likely N-dealkylation sites (N-methyl/N-ethyl adjacent to an activating group) is 1. The zero-order valence-corrected chi connectivity index (χ0v) is 13.1. The monoisotopic (exact) mass is 286 g/mol. The number of nitrogens with one attached hydrogen (secondary N) is 1. The van der Waals surface area contributed by atoms with Crippen LogP contribution >= 0.6 is 0 Å². The first-order chi connectivity index (χ1) is 10.3. The summed E-state index contributed by atoms with van der Waals surface area (Å²) < 4.78 is 7.94. The molecule has 3 rings (SSSR count). The van der Waals surface area contributed by atoms with Gasteiger partial charge in [0, 0.05) is 42.9 Å². The molecular formula is C18H26N2O. The van der Waals surface area contributed by atoms with Crippen molar-refractivity contribution in [1.29, 1.82) is 0 Å². The van der Waals surface area contributed by atoms with Crippen molar-refractivity contribution in [3.05, 3.63) is 36.0 Å². The van der Waals surface area contributed by atoms with Crippen LogP contribution in [0.4, 0.5) is 0 Å². The second-order valence-electron chi connectivity index (χ2n) is 6.27. The van der Waals surface area contributed by atoms with Crippen LogP contribution in [0.2, 0.25) is 0 Å². The molecule has 1 atom stereocenters. The van der Waals surface area contributed by atoms with Crippen LogP contribution in [0.3, 0.4) is 0 Å². The van der Waals surface area contributed by atoms with E-state index in [9.17, 15) is 0 Å². The average Bonchev–Trinajstić information content (AvgIpc) is 2.86.